The van der Waals surface area contributed by atoms with Gasteiger partial charge < -0.3 is 19.7 Å². The largest absolute Gasteiger partial charge is 0.455 e. The standard InChI is InChI=1S/C19H22O7/c1-10(2)18(23)26-17-15-11(3)19(24)25-14(15)7-12(8-20)5-4-6-13(9-21)16(17)22/h6-7,9,14-17,20,22H,1,3-5,8H2,2H3/b12-7?,13-6-. The van der Waals surface area contributed by atoms with Gasteiger partial charge in [-0.3, -0.25) is 4.79 Å². The molecule has 7 heteroatoms. The SMILES string of the molecule is C=C(C)C(=O)OC1C(O)/C(C=O)=C\CCC(CO)=CC2OC(=O)C(=C)C21. The van der Waals surface area contributed by atoms with Crippen LogP contribution >= 0.6 is 0 Å². The molecular weight excluding hydrogens is 340 g/mol. The maximum Gasteiger partial charge on any atom is 0.334 e. The Labute approximate surface area is 151 Å². The van der Waals surface area contributed by atoms with Gasteiger partial charge in [-0.05, 0) is 31.4 Å². The van der Waals surface area contributed by atoms with Crippen molar-refractivity contribution >= 4 is 18.2 Å². The molecule has 0 aromatic heterocycles. The van der Waals surface area contributed by atoms with E-state index in [-0.39, 0.29) is 23.3 Å². The van der Waals surface area contributed by atoms with Gasteiger partial charge in [-0.2, -0.15) is 0 Å². The summed E-state index contributed by atoms with van der Waals surface area (Å²) in [5.41, 5.74) is 0.748. The van der Waals surface area contributed by atoms with E-state index in [1.807, 2.05) is 0 Å². The first-order chi connectivity index (χ1) is 12.3. The summed E-state index contributed by atoms with van der Waals surface area (Å²) in [6.07, 6.45) is 0.770. The van der Waals surface area contributed by atoms with Crippen molar-refractivity contribution in [2.24, 2.45) is 5.92 Å². The molecular formula is C19H22O7. The zero-order valence-corrected chi connectivity index (χ0v) is 14.5. The third kappa shape index (κ3) is 4.00. The third-order valence-electron chi connectivity index (χ3n) is 4.44. The van der Waals surface area contributed by atoms with Crippen LogP contribution in [0.3, 0.4) is 0 Å². The first kappa shape index (κ1) is 19.8. The maximum absolute atomic E-state index is 12.0. The topological polar surface area (TPSA) is 110 Å². The number of aliphatic hydroxyl groups is 2. The molecule has 0 spiro atoms. The number of rotatable bonds is 4. The monoisotopic (exact) mass is 362 g/mol. The molecule has 1 saturated heterocycles. The number of fused-ring (bicyclic) bond motifs is 1. The molecule has 1 aliphatic heterocycles. The fourth-order valence-corrected chi connectivity index (χ4v) is 2.99. The van der Waals surface area contributed by atoms with Crippen LogP contribution in [0.25, 0.3) is 0 Å². The van der Waals surface area contributed by atoms with Gasteiger partial charge in [0.2, 0.25) is 0 Å². The minimum Gasteiger partial charge on any atom is -0.455 e. The zero-order valence-electron chi connectivity index (χ0n) is 14.5. The van der Waals surface area contributed by atoms with Crippen molar-refractivity contribution in [1.82, 2.24) is 0 Å². The molecule has 2 aliphatic rings. The molecule has 4 atom stereocenters. The quantitative estimate of drug-likeness (QED) is 0.329. The second-order valence-corrected chi connectivity index (χ2v) is 6.36. The van der Waals surface area contributed by atoms with E-state index < -0.39 is 36.2 Å². The summed E-state index contributed by atoms with van der Waals surface area (Å²) in [6.45, 7) is 8.37. The van der Waals surface area contributed by atoms with Gasteiger partial charge in [0.25, 0.3) is 0 Å². The highest BCUT2D eigenvalue weighted by Gasteiger charge is 2.48. The Kier molecular flexibility index (Phi) is 6.28. The summed E-state index contributed by atoms with van der Waals surface area (Å²) in [6, 6.07) is 0. The lowest BCUT2D eigenvalue weighted by Crippen LogP contribution is -2.43. The Hall–Kier alpha value is -2.51. The normalized spacial score (nSPS) is 31.0. The summed E-state index contributed by atoms with van der Waals surface area (Å²) in [5, 5.41) is 20.2. The number of allylic oxidation sites excluding steroid dienone is 1. The molecule has 2 N–H and O–H groups in total. The fraction of sp³-hybridized carbons (Fsp3) is 0.421. The van der Waals surface area contributed by atoms with E-state index in [9.17, 15) is 24.6 Å². The van der Waals surface area contributed by atoms with Gasteiger partial charge in [-0.25, -0.2) is 9.59 Å². The van der Waals surface area contributed by atoms with Gasteiger partial charge in [0.05, 0.1) is 12.5 Å². The molecule has 7 nitrogen and oxygen atoms in total. The molecule has 0 saturated carbocycles. The van der Waals surface area contributed by atoms with Crippen molar-refractivity contribution in [3.8, 4) is 0 Å². The van der Waals surface area contributed by atoms with Gasteiger partial charge in [0, 0.05) is 16.7 Å². The third-order valence-corrected chi connectivity index (χ3v) is 4.44. The van der Waals surface area contributed by atoms with Crippen LogP contribution in [0.1, 0.15) is 19.8 Å². The predicted molar refractivity (Wildman–Crippen MR) is 91.8 cm³/mol. The van der Waals surface area contributed by atoms with Gasteiger partial charge in [-0.1, -0.05) is 19.2 Å². The van der Waals surface area contributed by atoms with Crippen molar-refractivity contribution in [3.05, 3.63) is 47.6 Å². The predicted octanol–water partition coefficient (Wildman–Crippen LogP) is 0.771. The second-order valence-electron chi connectivity index (χ2n) is 6.36. The summed E-state index contributed by atoms with van der Waals surface area (Å²) in [7, 11) is 0. The molecule has 26 heavy (non-hydrogen) atoms. The van der Waals surface area contributed by atoms with Crippen molar-refractivity contribution in [2.75, 3.05) is 6.61 Å². The van der Waals surface area contributed by atoms with Crippen LogP contribution in [0.15, 0.2) is 47.6 Å². The molecule has 1 aliphatic carbocycles. The average molecular weight is 362 g/mol. The highest BCUT2D eigenvalue weighted by molar-refractivity contribution is 5.92. The number of esters is 2. The molecule has 140 valence electrons. The summed E-state index contributed by atoms with van der Waals surface area (Å²) in [4.78, 5) is 35.5. The summed E-state index contributed by atoms with van der Waals surface area (Å²) >= 11 is 0. The highest BCUT2D eigenvalue weighted by Crippen LogP contribution is 2.36. The average Bonchev–Trinajstić information content (AvgIpc) is 2.88. The summed E-state index contributed by atoms with van der Waals surface area (Å²) < 4.78 is 10.6. The second kappa shape index (κ2) is 8.25. The van der Waals surface area contributed by atoms with E-state index >= 15 is 0 Å². The lowest BCUT2D eigenvalue weighted by atomic mass is 9.83. The van der Waals surface area contributed by atoms with E-state index in [0.717, 1.165) is 0 Å². The van der Waals surface area contributed by atoms with Crippen molar-refractivity contribution in [2.45, 2.75) is 38.1 Å². The van der Waals surface area contributed by atoms with Gasteiger partial charge in [0.15, 0.2) is 0 Å². The Bertz CT molecular complexity index is 701. The molecule has 0 bridgehead atoms. The van der Waals surface area contributed by atoms with Crippen LogP contribution in [-0.2, 0) is 23.9 Å². The number of aliphatic hydroxyl groups excluding tert-OH is 2. The van der Waals surface area contributed by atoms with Crippen LogP contribution in [0.5, 0.6) is 0 Å². The van der Waals surface area contributed by atoms with E-state index in [1.165, 1.54) is 13.0 Å². The first-order valence-corrected chi connectivity index (χ1v) is 8.20. The fourth-order valence-electron chi connectivity index (χ4n) is 2.99. The summed E-state index contributed by atoms with van der Waals surface area (Å²) in [5.74, 6) is -2.36. The van der Waals surface area contributed by atoms with Crippen molar-refractivity contribution < 1.29 is 34.1 Å². The Balaban J connectivity index is 2.54. The van der Waals surface area contributed by atoms with Gasteiger partial charge in [0.1, 0.15) is 24.6 Å². The van der Waals surface area contributed by atoms with E-state index in [4.69, 9.17) is 9.47 Å². The van der Waals surface area contributed by atoms with Crippen LogP contribution in [0, 0.1) is 5.92 Å². The molecule has 1 fully saturated rings. The Morgan fingerprint density at radius 2 is 2.19 bits per heavy atom. The molecule has 4 unspecified atom stereocenters. The Morgan fingerprint density at radius 1 is 1.50 bits per heavy atom. The zero-order chi connectivity index (χ0) is 19.4. The molecule has 0 aromatic carbocycles. The Morgan fingerprint density at radius 3 is 2.77 bits per heavy atom. The molecule has 0 amide bonds. The van der Waals surface area contributed by atoms with Crippen LogP contribution in [0.2, 0.25) is 0 Å². The minimum absolute atomic E-state index is 0.0212. The lowest BCUT2D eigenvalue weighted by Gasteiger charge is -2.30. The highest BCUT2D eigenvalue weighted by atomic mass is 16.6. The number of hydrogen-bond donors (Lipinski definition) is 2. The van der Waals surface area contributed by atoms with E-state index in [1.54, 1.807) is 6.08 Å². The number of ether oxygens (including phenoxy) is 2. The van der Waals surface area contributed by atoms with E-state index in [0.29, 0.717) is 24.7 Å². The first-order valence-electron chi connectivity index (χ1n) is 8.20. The maximum atomic E-state index is 12.0. The number of carbonyl (C=O) groups excluding carboxylic acids is 3. The molecule has 0 aromatic rings. The minimum atomic E-state index is -1.46. The van der Waals surface area contributed by atoms with Crippen molar-refractivity contribution in [3.63, 3.8) is 0 Å². The van der Waals surface area contributed by atoms with Gasteiger partial charge >= 0.3 is 11.9 Å². The van der Waals surface area contributed by atoms with Crippen molar-refractivity contribution in [1.29, 1.82) is 0 Å². The van der Waals surface area contributed by atoms with Crippen LogP contribution in [-0.4, -0.2) is 53.4 Å². The number of hydrogen-bond acceptors (Lipinski definition) is 7. The van der Waals surface area contributed by atoms with E-state index in [2.05, 4.69) is 13.2 Å². The molecule has 2 rings (SSSR count). The van der Waals surface area contributed by atoms with Gasteiger partial charge in [-0.15, -0.1) is 0 Å². The number of carbonyl (C=O) groups is 3. The molecule has 1 heterocycles. The van der Waals surface area contributed by atoms with Crippen LogP contribution < -0.4 is 0 Å². The van der Waals surface area contributed by atoms with Crippen LogP contribution in [0.4, 0.5) is 0 Å². The number of aldehydes is 1. The molecule has 0 radical (unpaired) electrons. The smallest absolute Gasteiger partial charge is 0.334 e. The lowest BCUT2D eigenvalue weighted by molar-refractivity contribution is -0.153.